The van der Waals surface area contributed by atoms with E-state index in [0.717, 1.165) is 11.3 Å². The number of hydrogen-bond donors (Lipinski definition) is 2. The Morgan fingerprint density at radius 2 is 2.04 bits per heavy atom. The zero-order valence-electron chi connectivity index (χ0n) is 14.3. The van der Waals surface area contributed by atoms with Gasteiger partial charge in [-0.1, -0.05) is 0 Å². The van der Waals surface area contributed by atoms with E-state index in [1.54, 1.807) is 6.07 Å². The molecule has 2 N–H and O–H groups in total. The van der Waals surface area contributed by atoms with Crippen LogP contribution in [0.3, 0.4) is 0 Å². The van der Waals surface area contributed by atoms with Crippen LogP contribution >= 0.6 is 27.3 Å². The van der Waals surface area contributed by atoms with E-state index in [2.05, 4.69) is 26.6 Å². The lowest BCUT2D eigenvalue weighted by Crippen LogP contribution is -2.50. The molecule has 10 heteroatoms. The highest BCUT2D eigenvalue weighted by atomic mass is 79.9. The molecule has 0 aromatic carbocycles. The van der Waals surface area contributed by atoms with Gasteiger partial charge in [-0.05, 0) is 61.7 Å². The quantitative estimate of drug-likeness (QED) is 0.711. The summed E-state index contributed by atoms with van der Waals surface area (Å²) in [6, 6.07) is 2.40. The molecule has 0 radical (unpaired) electrons. The van der Waals surface area contributed by atoms with Gasteiger partial charge in [-0.3, -0.25) is 9.59 Å². The molecule has 1 unspecified atom stereocenters. The first kappa shape index (κ1) is 20.3. The summed E-state index contributed by atoms with van der Waals surface area (Å²) in [6.07, 6.45) is 1.05. The Kier molecular flexibility index (Phi) is 6.29. The molecule has 1 fully saturated rings. The Bertz CT molecular complexity index is 755. The fraction of sp³-hybridized carbons (Fsp3) is 0.600. The molecule has 1 aromatic heterocycles. The maximum absolute atomic E-state index is 12.7. The zero-order valence-corrected chi connectivity index (χ0v) is 17.6. The fourth-order valence-corrected chi connectivity index (χ4v) is 6.39. The Morgan fingerprint density at radius 3 is 2.60 bits per heavy atom. The molecule has 1 aliphatic rings. The van der Waals surface area contributed by atoms with Crippen LogP contribution in [0.4, 0.5) is 0 Å². The molecule has 0 saturated carbocycles. The lowest BCUT2D eigenvalue weighted by atomic mass is 10.1. The molecule has 2 heterocycles. The second kappa shape index (κ2) is 7.73. The van der Waals surface area contributed by atoms with Crippen molar-refractivity contribution < 1.29 is 18.0 Å². The topological polar surface area (TPSA) is 95.6 Å². The monoisotopic (exact) mass is 451 g/mol. The van der Waals surface area contributed by atoms with Gasteiger partial charge in [-0.15, -0.1) is 11.3 Å². The van der Waals surface area contributed by atoms with Crippen molar-refractivity contribution in [3.05, 3.63) is 15.9 Å². The van der Waals surface area contributed by atoms with Gasteiger partial charge in [0, 0.05) is 12.1 Å². The summed E-state index contributed by atoms with van der Waals surface area (Å²) in [5.41, 5.74) is -0.392. The lowest BCUT2D eigenvalue weighted by molar-refractivity contribution is -0.128. The van der Waals surface area contributed by atoms with E-state index in [1.807, 2.05) is 20.8 Å². The Morgan fingerprint density at radius 1 is 1.36 bits per heavy atom. The summed E-state index contributed by atoms with van der Waals surface area (Å²) >= 11 is 4.36. The highest BCUT2D eigenvalue weighted by Gasteiger charge is 2.40. The first-order valence-corrected chi connectivity index (χ1v) is 10.9. The minimum absolute atomic E-state index is 0.176. The molecule has 1 aliphatic heterocycles. The Balaban J connectivity index is 2.03. The van der Waals surface area contributed by atoms with E-state index < -0.39 is 27.5 Å². The number of rotatable bonds is 5. The van der Waals surface area contributed by atoms with E-state index in [1.165, 1.54) is 10.4 Å². The smallest absolute Gasteiger partial charge is 0.253 e. The van der Waals surface area contributed by atoms with E-state index in [-0.39, 0.29) is 16.7 Å². The molecule has 25 heavy (non-hydrogen) atoms. The molecule has 2 amide bonds. The average Bonchev–Trinajstić information content (AvgIpc) is 3.12. The standard InChI is InChI=1S/C15H22BrN3O4S2/c1-15(2,3)18-12(20)9-17-14(21)10-5-4-8-19(10)25(22,23)13-7-6-11(16)24-13/h6-7,10H,4-5,8-9H2,1-3H3,(H,17,21)(H,18,20). The summed E-state index contributed by atoms with van der Waals surface area (Å²) < 4.78 is 27.6. The van der Waals surface area contributed by atoms with Crippen LogP contribution in [0.5, 0.6) is 0 Å². The number of halogens is 1. The van der Waals surface area contributed by atoms with Crippen LogP contribution in [0.15, 0.2) is 20.1 Å². The third-order valence-electron chi connectivity index (χ3n) is 3.56. The largest absolute Gasteiger partial charge is 0.350 e. The molecule has 0 spiro atoms. The number of thiophene rings is 1. The first-order valence-electron chi connectivity index (χ1n) is 7.86. The minimum Gasteiger partial charge on any atom is -0.350 e. The summed E-state index contributed by atoms with van der Waals surface area (Å²) in [5.74, 6) is -0.754. The maximum Gasteiger partial charge on any atom is 0.253 e. The summed E-state index contributed by atoms with van der Waals surface area (Å²) in [4.78, 5) is 24.2. The molecule has 1 saturated heterocycles. The average molecular weight is 452 g/mol. The molecule has 1 atom stereocenters. The van der Waals surface area contributed by atoms with Gasteiger partial charge >= 0.3 is 0 Å². The highest BCUT2D eigenvalue weighted by Crippen LogP contribution is 2.32. The minimum atomic E-state index is -3.72. The van der Waals surface area contributed by atoms with Crippen molar-refractivity contribution in [3.63, 3.8) is 0 Å². The number of nitrogens with one attached hydrogen (secondary N) is 2. The number of hydrogen-bond acceptors (Lipinski definition) is 5. The Hall–Kier alpha value is -0.970. The normalized spacial score (nSPS) is 19.0. The van der Waals surface area contributed by atoms with E-state index in [9.17, 15) is 18.0 Å². The third kappa shape index (κ3) is 5.25. The summed E-state index contributed by atoms with van der Waals surface area (Å²) in [7, 11) is -3.72. The number of sulfonamides is 1. The van der Waals surface area contributed by atoms with Gasteiger partial charge in [0.2, 0.25) is 11.8 Å². The van der Waals surface area contributed by atoms with Crippen molar-refractivity contribution in [2.75, 3.05) is 13.1 Å². The van der Waals surface area contributed by atoms with Gasteiger partial charge in [0.25, 0.3) is 10.0 Å². The van der Waals surface area contributed by atoms with Crippen molar-refractivity contribution in [1.82, 2.24) is 14.9 Å². The Labute approximate surface area is 160 Å². The van der Waals surface area contributed by atoms with Crippen LogP contribution in [0.25, 0.3) is 0 Å². The van der Waals surface area contributed by atoms with Crippen molar-refractivity contribution in [2.45, 2.75) is 49.4 Å². The lowest BCUT2D eigenvalue weighted by Gasteiger charge is -2.23. The summed E-state index contributed by atoms with van der Waals surface area (Å²) in [6.45, 7) is 5.65. The molecule has 2 rings (SSSR count). The predicted octanol–water partition coefficient (Wildman–Crippen LogP) is 1.69. The van der Waals surface area contributed by atoms with Crippen LogP contribution in [-0.4, -0.2) is 49.2 Å². The number of amides is 2. The SMILES string of the molecule is CC(C)(C)NC(=O)CNC(=O)C1CCCN1S(=O)(=O)c1ccc(Br)s1. The number of carbonyl (C=O) groups excluding carboxylic acids is 2. The molecular weight excluding hydrogens is 430 g/mol. The van der Waals surface area contributed by atoms with Gasteiger partial charge in [0.15, 0.2) is 0 Å². The van der Waals surface area contributed by atoms with Crippen LogP contribution in [-0.2, 0) is 19.6 Å². The molecular formula is C15H22BrN3O4S2. The molecule has 0 aliphatic carbocycles. The number of carbonyl (C=O) groups is 2. The fourth-order valence-electron chi connectivity index (χ4n) is 2.59. The third-order valence-corrected chi connectivity index (χ3v) is 7.55. The predicted molar refractivity (Wildman–Crippen MR) is 99.8 cm³/mol. The van der Waals surface area contributed by atoms with Gasteiger partial charge in [0.1, 0.15) is 10.3 Å². The van der Waals surface area contributed by atoms with E-state index in [0.29, 0.717) is 23.2 Å². The second-order valence-corrected chi connectivity index (χ2v) is 11.4. The molecule has 0 bridgehead atoms. The van der Waals surface area contributed by atoms with Crippen molar-refractivity contribution in [1.29, 1.82) is 0 Å². The van der Waals surface area contributed by atoms with Crippen molar-refractivity contribution in [3.8, 4) is 0 Å². The van der Waals surface area contributed by atoms with E-state index in [4.69, 9.17) is 0 Å². The molecule has 7 nitrogen and oxygen atoms in total. The zero-order chi connectivity index (χ0) is 18.8. The van der Waals surface area contributed by atoms with Crippen LogP contribution in [0.2, 0.25) is 0 Å². The van der Waals surface area contributed by atoms with E-state index >= 15 is 0 Å². The van der Waals surface area contributed by atoms with Gasteiger partial charge in [-0.25, -0.2) is 8.42 Å². The second-order valence-electron chi connectivity index (χ2n) is 6.85. The van der Waals surface area contributed by atoms with Gasteiger partial charge in [-0.2, -0.15) is 4.31 Å². The van der Waals surface area contributed by atoms with Crippen molar-refractivity contribution in [2.24, 2.45) is 0 Å². The van der Waals surface area contributed by atoms with Gasteiger partial charge in [0.05, 0.1) is 10.3 Å². The summed E-state index contributed by atoms with van der Waals surface area (Å²) in [5, 5.41) is 5.29. The maximum atomic E-state index is 12.7. The van der Waals surface area contributed by atoms with Gasteiger partial charge < -0.3 is 10.6 Å². The number of nitrogens with zero attached hydrogens (tertiary/aromatic N) is 1. The molecule has 1 aromatic rings. The van der Waals surface area contributed by atoms with Crippen LogP contribution in [0.1, 0.15) is 33.6 Å². The first-order chi connectivity index (χ1) is 11.5. The highest BCUT2D eigenvalue weighted by molar-refractivity contribution is 9.11. The van der Waals surface area contributed by atoms with Crippen molar-refractivity contribution >= 4 is 49.1 Å². The molecule has 140 valence electrons. The van der Waals surface area contributed by atoms with Crippen LogP contribution < -0.4 is 10.6 Å². The van der Waals surface area contributed by atoms with Crippen LogP contribution in [0, 0.1) is 0 Å².